The van der Waals surface area contributed by atoms with Crippen LogP contribution in [0.25, 0.3) is 0 Å². The third kappa shape index (κ3) is 3.30. The van der Waals surface area contributed by atoms with E-state index in [0.29, 0.717) is 12.1 Å². The maximum atomic E-state index is 10.8. The minimum absolute atomic E-state index is 0.0570. The minimum Gasteiger partial charge on any atom is -0.481 e. The van der Waals surface area contributed by atoms with Crippen LogP contribution >= 0.6 is 0 Å². The Balaban J connectivity index is 2.83. The first kappa shape index (κ1) is 14.2. The van der Waals surface area contributed by atoms with Crippen LogP contribution in [0.1, 0.15) is 37.1 Å². The quantitative estimate of drug-likeness (QED) is 0.618. The summed E-state index contributed by atoms with van der Waals surface area (Å²) in [5, 5.41) is 30.2. The highest BCUT2D eigenvalue weighted by Crippen LogP contribution is 2.27. The first-order chi connectivity index (χ1) is 8.49. The van der Waals surface area contributed by atoms with Crippen molar-refractivity contribution in [2.45, 2.75) is 32.3 Å². The molecule has 1 unspecified atom stereocenters. The van der Waals surface area contributed by atoms with E-state index < -0.39 is 17.9 Å². The zero-order valence-corrected chi connectivity index (χ0v) is 9.87. The van der Waals surface area contributed by atoms with E-state index in [0.717, 1.165) is 0 Å². The number of carboxylic acids is 2. The topological polar surface area (TPSA) is 121 Å². The zero-order chi connectivity index (χ0) is 13.7. The van der Waals surface area contributed by atoms with Crippen LogP contribution in [0.15, 0.2) is 10.6 Å². The molecule has 0 aliphatic heterocycles. The van der Waals surface area contributed by atoms with Gasteiger partial charge >= 0.3 is 11.9 Å². The van der Waals surface area contributed by atoms with Crippen molar-refractivity contribution in [2.24, 2.45) is 5.92 Å². The van der Waals surface area contributed by atoms with Crippen molar-refractivity contribution >= 4 is 11.9 Å². The zero-order valence-electron chi connectivity index (χ0n) is 9.87. The number of aromatic nitrogens is 1. The summed E-state index contributed by atoms with van der Waals surface area (Å²) in [6.45, 7) is 1.50. The molecule has 0 aliphatic carbocycles. The predicted molar refractivity (Wildman–Crippen MR) is 58.8 cm³/mol. The van der Waals surface area contributed by atoms with Crippen molar-refractivity contribution in [1.29, 1.82) is 0 Å². The first-order valence-corrected chi connectivity index (χ1v) is 5.51. The van der Waals surface area contributed by atoms with E-state index in [9.17, 15) is 9.59 Å². The molecular formula is C11H15NO6. The van der Waals surface area contributed by atoms with Crippen LogP contribution in [-0.4, -0.2) is 32.4 Å². The van der Waals surface area contributed by atoms with Gasteiger partial charge in [0.2, 0.25) is 0 Å². The minimum atomic E-state index is -1.47. The molecule has 0 spiro atoms. The lowest BCUT2D eigenvalue weighted by Gasteiger charge is -2.14. The third-order valence-electron chi connectivity index (χ3n) is 2.76. The van der Waals surface area contributed by atoms with Gasteiger partial charge in [0.15, 0.2) is 11.7 Å². The van der Waals surface area contributed by atoms with Crippen molar-refractivity contribution in [2.75, 3.05) is 0 Å². The van der Waals surface area contributed by atoms with E-state index in [4.69, 9.17) is 19.8 Å². The van der Waals surface area contributed by atoms with Gasteiger partial charge in [-0.15, -0.1) is 0 Å². The molecule has 18 heavy (non-hydrogen) atoms. The Kier molecular flexibility index (Phi) is 4.85. The number of aliphatic hydroxyl groups excluding tert-OH is 1. The Morgan fingerprint density at radius 3 is 2.39 bits per heavy atom. The molecule has 0 amide bonds. The summed E-state index contributed by atoms with van der Waals surface area (Å²) < 4.78 is 4.80. The van der Waals surface area contributed by atoms with Gasteiger partial charge in [-0.3, -0.25) is 9.59 Å². The smallest absolute Gasteiger partial charge is 0.317 e. The van der Waals surface area contributed by atoms with Crippen LogP contribution in [0.3, 0.4) is 0 Å². The van der Waals surface area contributed by atoms with Gasteiger partial charge in [0.25, 0.3) is 0 Å². The average Bonchev–Trinajstić information content (AvgIpc) is 2.77. The monoisotopic (exact) mass is 257 g/mol. The van der Waals surface area contributed by atoms with E-state index in [-0.39, 0.29) is 24.7 Å². The van der Waals surface area contributed by atoms with Crippen LogP contribution in [0, 0.1) is 5.92 Å². The predicted octanol–water partition coefficient (Wildman–Crippen LogP) is 0.836. The number of nitrogens with zero attached hydrogens (tertiary/aromatic N) is 1. The Morgan fingerprint density at radius 1 is 1.39 bits per heavy atom. The van der Waals surface area contributed by atoms with Crippen molar-refractivity contribution < 1.29 is 29.4 Å². The molecule has 0 fully saturated rings. The van der Waals surface area contributed by atoms with Crippen molar-refractivity contribution in [3.8, 4) is 0 Å². The van der Waals surface area contributed by atoms with E-state index in [1.54, 1.807) is 6.92 Å². The maximum Gasteiger partial charge on any atom is 0.317 e. The summed E-state index contributed by atoms with van der Waals surface area (Å²) >= 11 is 0. The van der Waals surface area contributed by atoms with E-state index in [1.807, 2.05) is 0 Å². The van der Waals surface area contributed by atoms with Crippen molar-refractivity contribution in [3.05, 3.63) is 17.5 Å². The highest BCUT2D eigenvalue weighted by Gasteiger charge is 2.30. The Hall–Kier alpha value is -1.89. The van der Waals surface area contributed by atoms with Gasteiger partial charge < -0.3 is 19.8 Å². The summed E-state index contributed by atoms with van der Waals surface area (Å²) in [6.07, 6.45) is 0.479. The van der Waals surface area contributed by atoms with E-state index >= 15 is 0 Å². The molecule has 1 atom stereocenters. The van der Waals surface area contributed by atoms with Gasteiger partial charge in [-0.25, -0.2) is 0 Å². The van der Waals surface area contributed by atoms with Crippen LogP contribution in [-0.2, 0) is 16.2 Å². The standard InChI is InChI=1S/C11H15NO6/c1-2-6(3-8(10(14)15)11(16)17)9-4-7(5-13)18-12-9/h4,6,8,13H,2-3,5H2,1H3,(H,14,15)(H,16,17). The van der Waals surface area contributed by atoms with E-state index in [2.05, 4.69) is 5.16 Å². The number of carboxylic acid groups (broad SMARTS) is 2. The molecule has 0 aromatic carbocycles. The van der Waals surface area contributed by atoms with Crippen LogP contribution in [0.2, 0.25) is 0 Å². The fourth-order valence-electron chi connectivity index (χ4n) is 1.68. The summed E-state index contributed by atoms with van der Waals surface area (Å²) in [5.74, 6) is -4.26. The lowest BCUT2D eigenvalue weighted by atomic mass is 9.90. The first-order valence-electron chi connectivity index (χ1n) is 5.51. The fraction of sp³-hybridized carbons (Fsp3) is 0.545. The lowest BCUT2D eigenvalue weighted by molar-refractivity contribution is -0.155. The molecular weight excluding hydrogens is 242 g/mol. The second-order valence-corrected chi connectivity index (χ2v) is 3.95. The number of hydrogen-bond donors (Lipinski definition) is 3. The Labute approximate surface area is 103 Å². The molecule has 7 heteroatoms. The molecule has 0 saturated heterocycles. The summed E-state index contributed by atoms with van der Waals surface area (Å²) in [4.78, 5) is 21.6. The molecule has 100 valence electrons. The third-order valence-corrected chi connectivity index (χ3v) is 2.76. The molecule has 3 N–H and O–H groups in total. The van der Waals surface area contributed by atoms with Gasteiger partial charge in [0.05, 0.1) is 5.69 Å². The number of aliphatic carboxylic acids is 2. The van der Waals surface area contributed by atoms with Gasteiger partial charge in [-0.1, -0.05) is 12.1 Å². The molecule has 1 rings (SSSR count). The normalized spacial score (nSPS) is 12.6. The highest BCUT2D eigenvalue weighted by atomic mass is 16.5. The molecule has 0 saturated carbocycles. The summed E-state index contributed by atoms with van der Waals surface area (Å²) in [7, 11) is 0. The molecule has 1 heterocycles. The second kappa shape index (κ2) is 6.15. The van der Waals surface area contributed by atoms with Gasteiger partial charge in [-0.2, -0.15) is 0 Å². The van der Waals surface area contributed by atoms with Crippen LogP contribution in [0.5, 0.6) is 0 Å². The summed E-state index contributed by atoms with van der Waals surface area (Å²) in [6, 6.07) is 1.51. The molecule has 7 nitrogen and oxygen atoms in total. The van der Waals surface area contributed by atoms with Gasteiger partial charge in [-0.05, 0) is 12.8 Å². The molecule has 0 bridgehead atoms. The Bertz CT molecular complexity index is 413. The van der Waals surface area contributed by atoms with E-state index in [1.165, 1.54) is 6.07 Å². The Morgan fingerprint density at radius 2 is 2.00 bits per heavy atom. The van der Waals surface area contributed by atoms with Gasteiger partial charge in [0.1, 0.15) is 6.61 Å². The average molecular weight is 257 g/mol. The summed E-state index contributed by atoms with van der Waals surface area (Å²) in [5.41, 5.74) is 0.467. The van der Waals surface area contributed by atoms with Crippen LogP contribution in [0.4, 0.5) is 0 Å². The second-order valence-electron chi connectivity index (χ2n) is 3.95. The van der Waals surface area contributed by atoms with Crippen LogP contribution < -0.4 is 0 Å². The fourth-order valence-corrected chi connectivity index (χ4v) is 1.68. The molecule has 0 aliphatic rings. The van der Waals surface area contributed by atoms with Crippen molar-refractivity contribution in [1.82, 2.24) is 5.16 Å². The SMILES string of the molecule is CCC(CC(C(=O)O)C(=O)O)c1cc(CO)on1. The lowest BCUT2D eigenvalue weighted by Crippen LogP contribution is -2.25. The number of hydrogen-bond acceptors (Lipinski definition) is 5. The molecule has 1 aromatic rings. The number of rotatable bonds is 7. The maximum absolute atomic E-state index is 10.8. The van der Waals surface area contributed by atoms with Crippen molar-refractivity contribution in [3.63, 3.8) is 0 Å². The largest absolute Gasteiger partial charge is 0.481 e. The van der Waals surface area contributed by atoms with Gasteiger partial charge in [0, 0.05) is 12.0 Å². The number of carbonyl (C=O) groups is 2. The highest BCUT2D eigenvalue weighted by molar-refractivity contribution is 5.92. The number of aliphatic hydroxyl groups is 1. The molecule has 0 radical (unpaired) electrons. The molecule has 1 aromatic heterocycles.